The number of guanidine groups is 1. The van der Waals surface area contributed by atoms with Crippen LogP contribution in [0.3, 0.4) is 0 Å². The third-order valence-electron chi connectivity index (χ3n) is 4.26. The van der Waals surface area contributed by atoms with Crippen LogP contribution in [0.5, 0.6) is 0 Å². The summed E-state index contributed by atoms with van der Waals surface area (Å²) in [5.74, 6) is 0.663. The number of rotatable bonds is 9. The van der Waals surface area contributed by atoms with E-state index in [-0.39, 0.29) is 36.4 Å². The number of nitrogens with zero attached hydrogens (tertiary/aromatic N) is 2. The second-order valence-electron chi connectivity index (χ2n) is 6.86. The first-order valence-corrected chi connectivity index (χ1v) is 10.4. The van der Waals surface area contributed by atoms with E-state index in [1.807, 2.05) is 61.8 Å². The molecular weight excluding hydrogens is 499 g/mol. The van der Waals surface area contributed by atoms with Crippen molar-refractivity contribution in [2.45, 2.75) is 32.4 Å². The predicted molar refractivity (Wildman–Crippen MR) is 131 cm³/mol. The van der Waals surface area contributed by atoms with Crippen molar-refractivity contribution < 1.29 is 9.90 Å². The molecule has 0 aliphatic carbocycles. The number of halogens is 1. The average molecular weight is 530 g/mol. The van der Waals surface area contributed by atoms with Gasteiger partial charge in [0.2, 0.25) is 5.91 Å². The molecule has 29 heavy (non-hydrogen) atoms. The number of hydrogen-bond donors (Lipinski definition) is 3. The summed E-state index contributed by atoms with van der Waals surface area (Å²) in [4.78, 5) is 19.4. The molecule has 0 aliphatic heterocycles. The molecule has 3 N–H and O–H groups in total. The van der Waals surface area contributed by atoms with E-state index < -0.39 is 5.60 Å². The number of nitrogens with one attached hydrogen (secondary N) is 2. The van der Waals surface area contributed by atoms with Crippen molar-refractivity contribution in [2.75, 3.05) is 26.7 Å². The Hall–Kier alpha value is -1.65. The van der Waals surface area contributed by atoms with Crippen molar-refractivity contribution in [3.8, 4) is 0 Å². The molecule has 1 unspecified atom stereocenters. The molecule has 0 radical (unpaired) electrons. The molecular formula is C21H31IN4O2S. The van der Waals surface area contributed by atoms with Gasteiger partial charge in [-0.2, -0.15) is 0 Å². The summed E-state index contributed by atoms with van der Waals surface area (Å²) in [7, 11) is 1.81. The van der Waals surface area contributed by atoms with Gasteiger partial charge in [-0.25, -0.2) is 4.99 Å². The molecule has 1 aromatic carbocycles. The molecule has 1 amide bonds. The monoisotopic (exact) mass is 530 g/mol. The lowest BCUT2D eigenvalue weighted by atomic mass is 10.1. The fourth-order valence-electron chi connectivity index (χ4n) is 2.66. The van der Waals surface area contributed by atoms with Crippen LogP contribution in [-0.4, -0.2) is 48.6 Å². The van der Waals surface area contributed by atoms with Crippen molar-refractivity contribution in [3.63, 3.8) is 0 Å². The van der Waals surface area contributed by atoms with E-state index in [4.69, 9.17) is 0 Å². The Kier molecular flexibility index (Phi) is 11.2. The van der Waals surface area contributed by atoms with Crippen LogP contribution in [-0.2, 0) is 16.9 Å². The molecule has 0 saturated carbocycles. The molecule has 8 heteroatoms. The summed E-state index contributed by atoms with van der Waals surface area (Å²) < 4.78 is 0. The summed E-state index contributed by atoms with van der Waals surface area (Å²) in [5.41, 5.74) is 0.0967. The van der Waals surface area contributed by atoms with Crippen LogP contribution in [0.25, 0.3) is 0 Å². The zero-order valence-corrected chi connectivity index (χ0v) is 20.4. The van der Waals surface area contributed by atoms with Crippen LogP contribution in [0, 0.1) is 0 Å². The second-order valence-corrected chi connectivity index (χ2v) is 7.81. The van der Waals surface area contributed by atoms with Crippen molar-refractivity contribution in [3.05, 3.63) is 58.3 Å². The number of amides is 1. The van der Waals surface area contributed by atoms with E-state index in [2.05, 4.69) is 15.6 Å². The normalized spacial score (nSPS) is 13.2. The third-order valence-corrected chi connectivity index (χ3v) is 5.38. The lowest BCUT2D eigenvalue weighted by molar-refractivity contribution is -0.130. The van der Waals surface area contributed by atoms with Gasteiger partial charge >= 0.3 is 0 Å². The zero-order chi connectivity index (χ0) is 20.4. The number of hydrogen-bond acceptors (Lipinski definition) is 4. The Bertz CT molecular complexity index is 751. The Labute approximate surface area is 194 Å². The van der Waals surface area contributed by atoms with Gasteiger partial charge < -0.3 is 20.6 Å². The van der Waals surface area contributed by atoms with E-state index in [1.54, 1.807) is 11.8 Å². The second kappa shape index (κ2) is 12.8. The van der Waals surface area contributed by atoms with Gasteiger partial charge in [-0.15, -0.1) is 35.3 Å². The molecule has 1 atom stereocenters. The van der Waals surface area contributed by atoms with E-state index in [9.17, 15) is 9.90 Å². The minimum atomic E-state index is -1.01. The van der Waals surface area contributed by atoms with Crippen LogP contribution in [0.15, 0.2) is 52.8 Å². The van der Waals surface area contributed by atoms with Crippen molar-refractivity contribution in [1.29, 1.82) is 0 Å². The summed E-state index contributed by atoms with van der Waals surface area (Å²) >= 11 is 1.51. The first-order valence-electron chi connectivity index (χ1n) is 9.49. The van der Waals surface area contributed by atoms with E-state index >= 15 is 0 Å². The molecule has 2 aromatic rings. The van der Waals surface area contributed by atoms with E-state index in [1.165, 1.54) is 11.3 Å². The van der Waals surface area contributed by atoms with Gasteiger partial charge in [0.05, 0.1) is 6.54 Å². The van der Waals surface area contributed by atoms with Crippen LogP contribution in [0.4, 0.5) is 0 Å². The van der Waals surface area contributed by atoms with Crippen LogP contribution in [0.2, 0.25) is 0 Å². The Morgan fingerprint density at radius 2 is 1.93 bits per heavy atom. The fourth-order valence-corrected chi connectivity index (χ4v) is 3.44. The minimum absolute atomic E-state index is 0. The molecule has 0 aliphatic rings. The number of thiophene rings is 1. The maximum Gasteiger partial charge on any atom is 0.224 e. The maximum atomic E-state index is 12.3. The van der Waals surface area contributed by atoms with Crippen LogP contribution < -0.4 is 10.6 Å². The SMILES string of the molecule is CCNC(=NCC(C)(O)c1cccs1)NCCC(=O)N(C)Cc1ccccc1.I. The molecule has 1 aromatic heterocycles. The Balaban J connectivity index is 0.00000420. The molecule has 1 heterocycles. The quantitative estimate of drug-likeness (QED) is 0.265. The van der Waals surface area contributed by atoms with E-state index in [0.717, 1.165) is 10.4 Å². The highest BCUT2D eigenvalue weighted by Gasteiger charge is 2.24. The first-order chi connectivity index (χ1) is 13.4. The number of carbonyl (C=O) groups is 1. The minimum Gasteiger partial charge on any atom is -0.383 e. The van der Waals surface area contributed by atoms with Crippen LogP contribution in [0.1, 0.15) is 30.7 Å². The maximum absolute atomic E-state index is 12.3. The Morgan fingerprint density at radius 3 is 2.55 bits per heavy atom. The van der Waals surface area contributed by atoms with Gasteiger partial charge in [0.25, 0.3) is 0 Å². The molecule has 6 nitrogen and oxygen atoms in total. The number of aliphatic imine (C=N–C) groups is 1. The topological polar surface area (TPSA) is 77.0 Å². The number of benzene rings is 1. The lowest BCUT2D eigenvalue weighted by Crippen LogP contribution is -2.40. The van der Waals surface area contributed by atoms with Gasteiger partial charge in [0.1, 0.15) is 5.60 Å². The third kappa shape index (κ3) is 8.71. The highest BCUT2D eigenvalue weighted by atomic mass is 127. The summed E-state index contributed by atoms with van der Waals surface area (Å²) in [6.45, 7) is 5.75. The fraction of sp³-hybridized carbons (Fsp3) is 0.429. The summed E-state index contributed by atoms with van der Waals surface area (Å²) in [5, 5.41) is 18.9. The highest BCUT2D eigenvalue weighted by molar-refractivity contribution is 14.0. The smallest absolute Gasteiger partial charge is 0.224 e. The van der Waals surface area contributed by atoms with Gasteiger partial charge in [-0.1, -0.05) is 36.4 Å². The van der Waals surface area contributed by atoms with Gasteiger partial charge in [0.15, 0.2) is 5.96 Å². The molecule has 0 bridgehead atoms. The molecule has 0 fully saturated rings. The highest BCUT2D eigenvalue weighted by Crippen LogP contribution is 2.25. The summed E-state index contributed by atoms with van der Waals surface area (Å²) in [6.07, 6.45) is 0.370. The van der Waals surface area contributed by atoms with Gasteiger partial charge in [0, 0.05) is 38.0 Å². The average Bonchev–Trinajstić information content (AvgIpc) is 3.22. The van der Waals surface area contributed by atoms with Crippen LogP contribution >= 0.6 is 35.3 Å². The van der Waals surface area contributed by atoms with Crippen molar-refractivity contribution >= 4 is 47.2 Å². The number of aliphatic hydroxyl groups is 1. The van der Waals surface area contributed by atoms with Crippen molar-refractivity contribution in [1.82, 2.24) is 15.5 Å². The largest absolute Gasteiger partial charge is 0.383 e. The van der Waals surface area contributed by atoms with Gasteiger partial charge in [-0.3, -0.25) is 4.79 Å². The predicted octanol–water partition coefficient (Wildman–Crippen LogP) is 3.18. The molecule has 2 rings (SSSR count). The van der Waals surface area contributed by atoms with E-state index in [0.29, 0.717) is 32.0 Å². The zero-order valence-electron chi connectivity index (χ0n) is 17.2. The van der Waals surface area contributed by atoms with Crippen molar-refractivity contribution in [2.24, 2.45) is 4.99 Å². The number of carbonyl (C=O) groups excluding carboxylic acids is 1. The summed E-state index contributed by atoms with van der Waals surface area (Å²) in [6, 6.07) is 13.8. The first kappa shape index (κ1) is 25.4. The lowest BCUT2D eigenvalue weighted by Gasteiger charge is -2.21. The Morgan fingerprint density at radius 1 is 1.21 bits per heavy atom. The molecule has 0 saturated heterocycles. The van der Waals surface area contributed by atoms with Gasteiger partial charge in [-0.05, 0) is 30.9 Å². The molecule has 160 valence electrons. The molecule has 0 spiro atoms. The standard InChI is InChI=1S/C21H30N4O2S.HI/c1-4-22-20(24-16-21(2,27)18-11-8-14-28-18)23-13-12-19(26)25(3)15-17-9-6-5-7-10-17;/h5-11,14,27H,4,12-13,15-16H2,1-3H3,(H2,22,23,24);1H.